The standard InChI is InChI=1S/C19H18N2O2/c1-11(6-12-9-20-18(19(22)23)21-10-12)13-4-5-16-14-2-3-15(7-14)17(16)8-13/h4-6,8-10,14-15H,2-3,7H2,1H3,(H,22,23)/b11-6+. The van der Waals surface area contributed by atoms with Crippen molar-refractivity contribution in [2.75, 3.05) is 0 Å². The lowest BCUT2D eigenvalue weighted by Gasteiger charge is -2.16. The molecule has 0 radical (unpaired) electrons. The van der Waals surface area contributed by atoms with Crippen LogP contribution in [0.15, 0.2) is 30.6 Å². The Hall–Kier alpha value is -2.49. The Morgan fingerprint density at radius 2 is 1.87 bits per heavy atom. The molecular weight excluding hydrogens is 288 g/mol. The lowest BCUT2D eigenvalue weighted by atomic mass is 9.89. The van der Waals surface area contributed by atoms with Crippen LogP contribution in [0, 0.1) is 0 Å². The Labute approximate surface area is 134 Å². The van der Waals surface area contributed by atoms with E-state index in [4.69, 9.17) is 5.11 Å². The monoisotopic (exact) mass is 306 g/mol. The van der Waals surface area contributed by atoms with E-state index >= 15 is 0 Å². The van der Waals surface area contributed by atoms with Gasteiger partial charge in [0.15, 0.2) is 0 Å². The summed E-state index contributed by atoms with van der Waals surface area (Å²) in [4.78, 5) is 18.5. The number of nitrogens with zero attached hydrogens (tertiary/aromatic N) is 2. The van der Waals surface area contributed by atoms with Gasteiger partial charge in [-0.25, -0.2) is 14.8 Å². The first-order valence-electron chi connectivity index (χ1n) is 7.99. The van der Waals surface area contributed by atoms with E-state index in [1.165, 1.54) is 30.4 Å². The molecule has 0 amide bonds. The number of hydrogen-bond donors (Lipinski definition) is 1. The van der Waals surface area contributed by atoms with Gasteiger partial charge in [-0.3, -0.25) is 0 Å². The van der Waals surface area contributed by atoms with Crippen molar-refractivity contribution in [2.24, 2.45) is 0 Å². The maximum absolute atomic E-state index is 10.8. The molecule has 1 saturated carbocycles. The molecule has 1 heterocycles. The number of benzene rings is 1. The summed E-state index contributed by atoms with van der Waals surface area (Å²) >= 11 is 0. The molecule has 4 rings (SSSR count). The Balaban J connectivity index is 1.63. The van der Waals surface area contributed by atoms with Crippen LogP contribution in [0.1, 0.15) is 70.9 Å². The van der Waals surface area contributed by atoms with Crippen LogP contribution in [0.2, 0.25) is 0 Å². The molecule has 2 atom stereocenters. The van der Waals surface area contributed by atoms with Crippen LogP contribution in [0.3, 0.4) is 0 Å². The van der Waals surface area contributed by atoms with E-state index in [1.807, 2.05) is 6.08 Å². The third kappa shape index (κ3) is 2.44. The molecule has 0 saturated heterocycles. The second kappa shape index (κ2) is 5.30. The fraction of sp³-hybridized carbons (Fsp3) is 0.316. The molecule has 1 fully saturated rings. The molecule has 2 aliphatic carbocycles. The molecule has 0 aliphatic heterocycles. The van der Waals surface area contributed by atoms with Gasteiger partial charge in [-0.1, -0.05) is 18.2 Å². The van der Waals surface area contributed by atoms with Crippen LogP contribution >= 0.6 is 0 Å². The highest BCUT2D eigenvalue weighted by molar-refractivity contribution is 5.84. The predicted octanol–water partition coefficient (Wildman–Crippen LogP) is 4.10. The van der Waals surface area contributed by atoms with E-state index in [2.05, 4.69) is 35.1 Å². The van der Waals surface area contributed by atoms with Crippen molar-refractivity contribution in [2.45, 2.75) is 38.0 Å². The Morgan fingerprint density at radius 1 is 1.17 bits per heavy atom. The SMILES string of the molecule is C/C(=C\c1cnc(C(=O)O)nc1)c1ccc2c(c1)C1CCC2C1. The molecule has 4 nitrogen and oxygen atoms in total. The number of hydrogen-bond acceptors (Lipinski definition) is 3. The summed E-state index contributed by atoms with van der Waals surface area (Å²) in [6, 6.07) is 6.81. The van der Waals surface area contributed by atoms with E-state index in [1.54, 1.807) is 18.0 Å². The zero-order valence-electron chi connectivity index (χ0n) is 13.0. The quantitative estimate of drug-likeness (QED) is 0.927. The van der Waals surface area contributed by atoms with E-state index in [-0.39, 0.29) is 5.82 Å². The number of aromatic nitrogens is 2. The summed E-state index contributed by atoms with van der Waals surface area (Å²) in [5.41, 5.74) is 6.26. The second-order valence-corrected chi connectivity index (χ2v) is 6.52. The lowest BCUT2D eigenvalue weighted by molar-refractivity contribution is 0.0683. The number of carboxylic acid groups (broad SMARTS) is 1. The molecule has 1 aromatic carbocycles. The van der Waals surface area contributed by atoms with Crippen LogP contribution in [0.4, 0.5) is 0 Å². The van der Waals surface area contributed by atoms with Gasteiger partial charge in [-0.15, -0.1) is 0 Å². The summed E-state index contributed by atoms with van der Waals surface area (Å²) in [5.74, 6) is 0.255. The zero-order valence-corrected chi connectivity index (χ0v) is 13.0. The van der Waals surface area contributed by atoms with Crippen LogP contribution in [0.25, 0.3) is 11.6 Å². The third-order valence-corrected chi connectivity index (χ3v) is 5.10. The molecule has 2 aromatic rings. The summed E-state index contributed by atoms with van der Waals surface area (Å²) in [6.45, 7) is 2.07. The van der Waals surface area contributed by atoms with Gasteiger partial charge >= 0.3 is 5.97 Å². The molecule has 2 aliphatic rings. The number of carboxylic acids is 1. The lowest BCUT2D eigenvalue weighted by Crippen LogP contribution is -2.03. The van der Waals surface area contributed by atoms with Crippen LogP contribution in [0.5, 0.6) is 0 Å². The fourth-order valence-corrected chi connectivity index (χ4v) is 3.95. The molecule has 116 valence electrons. The van der Waals surface area contributed by atoms with E-state index in [0.29, 0.717) is 0 Å². The fourth-order valence-electron chi connectivity index (χ4n) is 3.95. The van der Waals surface area contributed by atoms with Gasteiger partial charge in [0.2, 0.25) is 5.82 Å². The molecule has 4 heteroatoms. The van der Waals surface area contributed by atoms with Crippen LogP contribution in [-0.2, 0) is 0 Å². The van der Waals surface area contributed by atoms with E-state index in [9.17, 15) is 4.79 Å². The van der Waals surface area contributed by atoms with Gasteiger partial charge < -0.3 is 5.11 Å². The smallest absolute Gasteiger partial charge is 0.373 e. The van der Waals surface area contributed by atoms with Gasteiger partial charge in [0.1, 0.15) is 0 Å². The second-order valence-electron chi connectivity index (χ2n) is 6.52. The molecule has 2 unspecified atom stereocenters. The summed E-state index contributed by atoms with van der Waals surface area (Å²) in [5, 5.41) is 8.84. The molecule has 2 bridgehead atoms. The highest BCUT2D eigenvalue weighted by atomic mass is 16.4. The molecular formula is C19H18N2O2. The van der Waals surface area contributed by atoms with Crippen molar-refractivity contribution >= 4 is 17.6 Å². The maximum Gasteiger partial charge on any atom is 0.373 e. The number of rotatable bonds is 3. The van der Waals surface area contributed by atoms with Crippen molar-refractivity contribution in [1.82, 2.24) is 9.97 Å². The first kappa shape index (κ1) is 14.1. The van der Waals surface area contributed by atoms with Gasteiger partial charge in [0.25, 0.3) is 0 Å². The minimum Gasteiger partial charge on any atom is -0.475 e. The first-order chi connectivity index (χ1) is 11.1. The van der Waals surface area contributed by atoms with Crippen molar-refractivity contribution in [1.29, 1.82) is 0 Å². The third-order valence-electron chi connectivity index (χ3n) is 5.10. The van der Waals surface area contributed by atoms with Crippen LogP contribution in [-0.4, -0.2) is 21.0 Å². The van der Waals surface area contributed by atoms with Crippen molar-refractivity contribution in [3.05, 3.63) is 58.7 Å². The number of aromatic carboxylic acids is 1. The molecule has 1 aromatic heterocycles. The molecule has 1 N–H and O–H groups in total. The maximum atomic E-state index is 10.8. The van der Waals surface area contributed by atoms with Crippen molar-refractivity contribution in [3.8, 4) is 0 Å². The number of fused-ring (bicyclic) bond motifs is 5. The van der Waals surface area contributed by atoms with Gasteiger partial charge in [-0.2, -0.15) is 0 Å². The van der Waals surface area contributed by atoms with Crippen LogP contribution < -0.4 is 0 Å². The van der Waals surface area contributed by atoms with Gasteiger partial charge in [0, 0.05) is 18.0 Å². The van der Waals surface area contributed by atoms with Gasteiger partial charge in [0.05, 0.1) is 0 Å². The minimum atomic E-state index is -1.11. The first-order valence-corrected chi connectivity index (χ1v) is 7.99. The highest BCUT2D eigenvalue weighted by Gasteiger charge is 2.36. The topological polar surface area (TPSA) is 63.1 Å². The summed E-state index contributed by atoms with van der Waals surface area (Å²) in [6.07, 6.45) is 9.10. The minimum absolute atomic E-state index is 0.173. The molecule has 0 spiro atoms. The average Bonchev–Trinajstić information content (AvgIpc) is 3.17. The van der Waals surface area contributed by atoms with Gasteiger partial charge in [-0.05, 0) is 66.4 Å². The molecule has 23 heavy (non-hydrogen) atoms. The predicted molar refractivity (Wildman–Crippen MR) is 88.3 cm³/mol. The average molecular weight is 306 g/mol. The Morgan fingerprint density at radius 3 is 2.57 bits per heavy atom. The van der Waals surface area contributed by atoms with Crippen molar-refractivity contribution < 1.29 is 9.90 Å². The van der Waals surface area contributed by atoms with Crippen molar-refractivity contribution in [3.63, 3.8) is 0 Å². The largest absolute Gasteiger partial charge is 0.475 e. The normalized spacial score (nSPS) is 22.2. The Bertz CT molecular complexity index is 809. The summed E-state index contributed by atoms with van der Waals surface area (Å²) < 4.78 is 0. The Kier molecular flexibility index (Phi) is 3.26. The zero-order chi connectivity index (χ0) is 16.0. The number of carbonyl (C=O) groups is 1. The van der Waals surface area contributed by atoms with E-state index < -0.39 is 5.97 Å². The highest BCUT2D eigenvalue weighted by Crippen LogP contribution is 2.53. The number of allylic oxidation sites excluding steroid dienone is 1. The van der Waals surface area contributed by atoms with E-state index in [0.717, 1.165) is 23.0 Å². The summed E-state index contributed by atoms with van der Waals surface area (Å²) in [7, 11) is 0.